The van der Waals surface area contributed by atoms with Gasteiger partial charge in [-0.05, 0) is 12.2 Å². The molecule has 1 nitrogen and oxygen atoms in total. The van der Waals surface area contributed by atoms with E-state index in [0.717, 1.165) is 12.8 Å². The van der Waals surface area contributed by atoms with E-state index in [1.54, 1.807) is 0 Å². The number of unbranched alkanes of at least 4 members (excludes halogenated alkanes) is 2. The van der Waals surface area contributed by atoms with Crippen LogP contribution in [0.2, 0.25) is 0 Å². The Morgan fingerprint density at radius 3 is 2.06 bits per heavy atom. The van der Waals surface area contributed by atoms with Crippen LogP contribution in [0.15, 0.2) is 0 Å². The predicted molar refractivity (Wildman–Crippen MR) is 55.8 cm³/mol. The second kappa shape index (κ2) is 6.64. The molecule has 0 fully saturated rings. The third kappa shape index (κ3) is 4.45. The van der Waals surface area contributed by atoms with Crippen LogP contribution in [-0.4, -0.2) is 29.6 Å². The molecule has 98 valence electrons. The Bertz CT molecular complexity index is 195. The predicted octanol–water partition coefficient (Wildman–Crippen LogP) is 3.43. The molecule has 0 saturated carbocycles. The second-order valence-corrected chi connectivity index (χ2v) is 4.73. The molecule has 0 aliphatic carbocycles. The maximum absolute atomic E-state index is 12.9. The SMILES string of the molecule is CCCCCSC(CN)C(F)(F)C(F)(F)F. The highest BCUT2D eigenvalue weighted by Gasteiger charge is 2.61. The molecular formula is C9H16F5NS. The molecule has 1 unspecified atom stereocenters. The number of thioether (sulfide) groups is 1. The zero-order valence-electron chi connectivity index (χ0n) is 8.99. The second-order valence-electron chi connectivity index (χ2n) is 3.42. The van der Waals surface area contributed by atoms with Gasteiger partial charge in [-0.15, -0.1) is 0 Å². The van der Waals surface area contributed by atoms with E-state index in [1.165, 1.54) is 0 Å². The van der Waals surface area contributed by atoms with Crippen LogP contribution in [0.3, 0.4) is 0 Å². The molecule has 0 saturated heterocycles. The first-order valence-electron chi connectivity index (χ1n) is 5.03. The van der Waals surface area contributed by atoms with Crippen LogP contribution in [0.1, 0.15) is 26.2 Å². The van der Waals surface area contributed by atoms with Gasteiger partial charge in [0.15, 0.2) is 0 Å². The highest BCUT2D eigenvalue weighted by molar-refractivity contribution is 8.00. The van der Waals surface area contributed by atoms with E-state index >= 15 is 0 Å². The largest absolute Gasteiger partial charge is 0.454 e. The fourth-order valence-electron chi connectivity index (χ4n) is 1.08. The normalized spacial score (nSPS) is 15.2. The Morgan fingerprint density at radius 2 is 1.69 bits per heavy atom. The number of rotatable bonds is 7. The van der Waals surface area contributed by atoms with Gasteiger partial charge in [0.1, 0.15) is 0 Å². The molecule has 0 amide bonds. The van der Waals surface area contributed by atoms with Gasteiger partial charge in [-0.25, -0.2) is 0 Å². The van der Waals surface area contributed by atoms with Gasteiger partial charge >= 0.3 is 12.1 Å². The number of hydrogen-bond donors (Lipinski definition) is 1. The van der Waals surface area contributed by atoms with E-state index < -0.39 is 23.9 Å². The van der Waals surface area contributed by atoms with Crippen LogP contribution in [0.5, 0.6) is 0 Å². The lowest BCUT2D eigenvalue weighted by atomic mass is 10.2. The highest BCUT2D eigenvalue weighted by Crippen LogP contribution is 2.42. The van der Waals surface area contributed by atoms with Crippen molar-refractivity contribution in [2.45, 2.75) is 43.5 Å². The van der Waals surface area contributed by atoms with E-state index in [0.29, 0.717) is 18.2 Å². The zero-order valence-corrected chi connectivity index (χ0v) is 9.80. The summed E-state index contributed by atoms with van der Waals surface area (Å²) in [5.74, 6) is -4.43. The summed E-state index contributed by atoms with van der Waals surface area (Å²) in [6.45, 7) is 1.25. The van der Waals surface area contributed by atoms with E-state index in [4.69, 9.17) is 5.73 Å². The zero-order chi connectivity index (χ0) is 12.8. The van der Waals surface area contributed by atoms with Crippen molar-refractivity contribution >= 4 is 11.8 Å². The van der Waals surface area contributed by atoms with Crippen molar-refractivity contribution < 1.29 is 22.0 Å². The average molecular weight is 265 g/mol. The lowest BCUT2D eigenvalue weighted by Crippen LogP contribution is -2.48. The van der Waals surface area contributed by atoms with Gasteiger partial charge in [0.05, 0.1) is 5.25 Å². The number of halogens is 5. The minimum Gasteiger partial charge on any atom is -0.329 e. The van der Waals surface area contributed by atoms with Crippen LogP contribution in [0, 0.1) is 0 Å². The summed E-state index contributed by atoms with van der Waals surface area (Å²) < 4.78 is 61.8. The van der Waals surface area contributed by atoms with Crippen LogP contribution in [0.25, 0.3) is 0 Å². The Kier molecular flexibility index (Phi) is 6.62. The Balaban J connectivity index is 4.26. The quantitative estimate of drug-likeness (QED) is 0.563. The third-order valence-electron chi connectivity index (χ3n) is 2.06. The van der Waals surface area contributed by atoms with E-state index in [9.17, 15) is 22.0 Å². The van der Waals surface area contributed by atoms with Gasteiger partial charge in [0.25, 0.3) is 0 Å². The molecule has 0 aromatic rings. The summed E-state index contributed by atoms with van der Waals surface area (Å²) >= 11 is 0.600. The third-order valence-corrected chi connectivity index (χ3v) is 3.48. The van der Waals surface area contributed by atoms with Crippen LogP contribution in [-0.2, 0) is 0 Å². The number of hydrogen-bond acceptors (Lipinski definition) is 2. The summed E-state index contributed by atoms with van der Waals surface area (Å²) in [7, 11) is 0. The maximum atomic E-state index is 12.9. The van der Waals surface area contributed by atoms with E-state index in [2.05, 4.69) is 0 Å². The van der Waals surface area contributed by atoms with E-state index in [1.807, 2.05) is 6.92 Å². The van der Waals surface area contributed by atoms with Crippen molar-refractivity contribution in [3.63, 3.8) is 0 Å². The first-order chi connectivity index (χ1) is 7.27. The molecule has 1 atom stereocenters. The molecule has 0 aromatic heterocycles. The van der Waals surface area contributed by atoms with Crippen molar-refractivity contribution in [3.8, 4) is 0 Å². The lowest BCUT2D eigenvalue weighted by Gasteiger charge is -2.27. The van der Waals surface area contributed by atoms with Gasteiger partial charge in [-0.3, -0.25) is 0 Å². The van der Waals surface area contributed by atoms with E-state index in [-0.39, 0.29) is 5.75 Å². The Labute approximate surface area is 95.9 Å². The monoisotopic (exact) mass is 265 g/mol. The molecule has 7 heteroatoms. The summed E-state index contributed by atoms with van der Waals surface area (Å²) in [4.78, 5) is 0. The smallest absolute Gasteiger partial charge is 0.329 e. The van der Waals surface area contributed by atoms with Gasteiger partial charge < -0.3 is 5.73 Å². The summed E-state index contributed by atoms with van der Waals surface area (Å²) in [5, 5.41) is -1.88. The minimum atomic E-state index is -5.52. The molecule has 0 bridgehead atoms. The highest BCUT2D eigenvalue weighted by atomic mass is 32.2. The van der Waals surface area contributed by atoms with Crippen molar-refractivity contribution in [3.05, 3.63) is 0 Å². The lowest BCUT2D eigenvalue weighted by molar-refractivity contribution is -0.280. The maximum Gasteiger partial charge on any atom is 0.454 e. The van der Waals surface area contributed by atoms with Gasteiger partial charge in [0, 0.05) is 6.54 Å². The molecule has 16 heavy (non-hydrogen) atoms. The standard InChI is InChI=1S/C9H16F5NS/c1-2-3-4-5-16-7(6-15)8(10,11)9(12,13)14/h7H,2-6,15H2,1H3. The molecular weight excluding hydrogens is 249 g/mol. The molecule has 0 aliphatic heterocycles. The Hall–Kier alpha value is -0.0400. The molecule has 0 heterocycles. The minimum absolute atomic E-state index is 0.279. The van der Waals surface area contributed by atoms with Gasteiger partial charge in [-0.2, -0.15) is 33.7 Å². The van der Waals surface area contributed by atoms with Crippen LogP contribution in [0.4, 0.5) is 22.0 Å². The van der Waals surface area contributed by atoms with Crippen molar-refractivity contribution in [1.82, 2.24) is 0 Å². The molecule has 0 aromatic carbocycles. The Morgan fingerprint density at radius 1 is 1.12 bits per heavy atom. The van der Waals surface area contributed by atoms with Crippen LogP contribution < -0.4 is 5.73 Å². The summed E-state index contributed by atoms with van der Waals surface area (Å²) in [6.07, 6.45) is -3.17. The molecule has 2 N–H and O–H groups in total. The van der Waals surface area contributed by atoms with Crippen molar-refractivity contribution in [2.24, 2.45) is 5.73 Å². The molecule has 0 spiro atoms. The van der Waals surface area contributed by atoms with Crippen molar-refractivity contribution in [2.75, 3.05) is 12.3 Å². The fraction of sp³-hybridized carbons (Fsp3) is 1.00. The first-order valence-corrected chi connectivity index (χ1v) is 6.08. The molecule has 0 rings (SSSR count). The fourth-order valence-corrected chi connectivity index (χ4v) is 2.22. The molecule has 0 aliphatic rings. The average Bonchev–Trinajstić information content (AvgIpc) is 2.16. The topological polar surface area (TPSA) is 26.0 Å². The number of alkyl halides is 5. The van der Waals surface area contributed by atoms with Gasteiger partial charge in [0.2, 0.25) is 0 Å². The first kappa shape index (κ1) is 16.0. The van der Waals surface area contributed by atoms with Crippen molar-refractivity contribution in [1.29, 1.82) is 0 Å². The number of nitrogens with two attached hydrogens (primary N) is 1. The van der Waals surface area contributed by atoms with Crippen LogP contribution >= 0.6 is 11.8 Å². The van der Waals surface area contributed by atoms with Gasteiger partial charge in [-0.1, -0.05) is 19.8 Å². The molecule has 0 radical (unpaired) electrons. The summed E-state index contributed by atoms with van der Waals surface area (Å²) in [6, 6.07) is 0. The summed E-state index contributed by atoms with van der Waals surface area (Å²) in [5.41, 5.74) is 4.97.